The summed E-state index contributed by atoms with van der Waals surface area (Å²) in [4.78, 5) is 0. The number of hydrogen-bond donors (Lipinski definition) is 1. The first-order valence-corrected chi connectivity index (χ1v) is 4.12. The maximum atomic E-state index is 9.44. The molecule has 1 rings (SSSR count). The van der Waals surface area contributed by atoms with E-state index in [0.717, 1.165) is 0 Å². The van der Waals surface area contributed by atoms with E-state index >= 15 is 0 Å². The molecular weight excluding hydrogens is 156 g/mol. The third-order valence-electron chi connectivity index (χ3n) is 1.93. The molecule has 0 radical (unpaired) electrons. The molecule has 1 unspecified atom stereocenters. The highest BCUT2D eigenvalue weighted by molar-refractivity contribution is 4.92. The Balaban J connectivity index is 2.63. The maximum Gasteiger partial charge on any atom is 0.163 e. The first kappa shape index (κ1) is 9.71. The van der Waals surface area contributed by atoms with Crippen LogP contribution in [0.15, 0.2) is 12.7 Å². The van der Waals surface area contributed by atoms with E-state index in [4.69, 9.17) is 9.47 Å². The minimum absolute atomic E-state index is 0.0898. The third-order valence-corrected chi connectivity index (χ3v) is 1.93. The van der Waals surface area contributed by atoms with Crippen molar-refractivity contribution in [2.45, 2.75) is 44.9 Å². The molecule has 1 aliphatic rings. The Morgan fingerprint density at radius 3 is 2.42 bits per heavy atom. The van der Waals surface area contributed by atoms with Crippen molar-refractivity contribution in [2.75, 3.05) is 0 Å². The van der Waals surface area contributed by atoms with Crippen molar-refractivity contribution in [1.82, 2.24) is 0 Å². The lowest BCUT2D eigenvalue weighted by atomic mass is 10.1. The van der Waals surface area contributed by atoms with E-state index in [0.29, 0.717) is 0 Å². The lowest BCUT2D eigenvalue weighted by Gasteiger charge is -2.18. The van der Waals surface area contributed by atoms with Crippen LogP contribution in [0.2, 0.25) is 0 Å². The van der Waals surface area contributed by atoms with Gasteiger partial charge < -0.3 is 14.6 Å². The number of aliphatic hydroxyl groups is 1. The lowest BCUT2D eigenvalue weighted by Crippen LogP contribution is -2.32. The fourth-order valence-electron chi connectivity index (χ4n) is 1.45. The van der Waals surface area contributed by atoms with E-state index in [1.54, 1.807) is 0 Å². The van der Waals surface area contributed by atoms with Gasteiger partial charge in [0, 0.05) is 0 Å². The van der Waals surface area contributed by atoms with E-state index in [-0.39, 0.29) is 12.2 Å². The zero-order valence-corrected chi connectivity index (χ0v) is 7.78. The second-order valence-electron chi connectivity index (χ2n) is 3.53. The maximum absolute atomic E-state index is 9.44. The summed E-state index contributed by atoms with van der Waals surface area (Å²) in [6.07, 6.45) is 0.429. The van der Waals surface area contributed by atoms with Gasteiger partial charge in [-0.05, 0) is 20.8 Å². The van der Waals surface area contributed by atoms with Gasteiger partial charge in [-0.1, -0.05) is 6.08 Å². The van der Waals surface area contributed by atoms with Crippen LogP contribution in [-0.2, 0) is 9.47 Å². The van der Waals surface area contributed by atoms with E-state index in [9.17, 15) is 5.11 Å². The summed E-state index contributed by atoms with van der Waals surface area (Å²) in [5.74, 6) is -0.589. The van der Waals surface area contributed by atoms with Gasteiger partial charge in [-0.25, -0.2) is 0 Å². The van der Waals surface area contributed by atoms with Gasteiger partial charge in [0.1, 0.15) is 12.2 Å². The highest BCUT2D eigenvalue weighted by atomic mass is 16.8. The molecule has 0 saturated carbocycles. The van der Waals surface area contributed by atoms with Crippen LogP contribution in [0.25, 0.3) is 0 Å². The fraction of sp³-hybridized carbons (Fsp3) is 0.778. The molecule has 1 N–H and O–H groups in total. The molecule has 0 spiro atoms. The van der Waals surface area contributed by atoms with Crippen molar-refractivity contribution >= 4 is 0 Å². The second kappa shape index (κ2) is 3.17. The standard InChI is InChI=1S/C9H16O3/c1-5-7(10)8-6(2)11-9(3,4)12-8/h5-8,10H,1H2,2-4H3/t6-,7?,8+/m0/s1. The molecule has 3 heteroatoms. The van der Waals surface area contributed by atoms with Crippen molar-refractivity contribution in [3.63, 3.8) is 0 Å². The Morgan fingerprint density at radius 2 is 2.08 bits per heavy atom. The quantitative estimate of drug-likeness (QED) is 0.633. The van der Waals surface area contributed by atoms with Crippen molar-refractivity contribution in [3.05, 3.63) is 12.7 Å². The van der Waals surface area contributed by atoms with Crippen LogP contribution >= 0.6 is 0 Å². The zero-order chi connectivity index (χ0) is 9.35. The largest absolute Gasteiger partial charge is 0.386 e. The van der Waals surface area contributed by atoms with E-state index in [2.05, 4.69) is 6.58 Å². The SMILES string of the molecule is C=CC(O)[C@@H]1OC(C)(C)O[C@H]1C. The molecule has 1 aliphatic heterocycles. The summed E-state index contributed by atoms with van der Waals surface area (Å²) in [5, 5.41) is 9.44. The third kappa shape index (κ3) is 1.86. The summed E-state index contributed by atoms with van der Waals surface area (Å²) >= 11 is 0. The minimum Gasteiger partial charge on any atom is -0.386 e. The number of hydrogen-bond acceptors (Lipinski definition) is 3. The molecule has 0 aliphatic carbocycles. The van der Waals surface area contributed by atoms with Gasteiger partial charge in [-0.15, -0.1) is 6.58 Å². The molecule has 3 nitrogen and oxygen atoms in total. The van der Waals surface area contributed by atoms with Crippen molar-refractivity contribution in [1.29, 1.82) is 0 Å². The van der Waals surface area contributed by atoms with E-state index < -0.39 is 11.9 Å². The van der Waals surface area contributed by atoms with Crippen LogP contribution in [0, 0.1) is 0 Å². The summed E-state index contributed by atoms with van der Waals surface area (Å²) in [6.45, 7) is 9.05. The molecule has 1 fully saturated rings. The highest BCUT2D eigenvalue weighted by Crippen LogP contribution is 2.29. The fourth-order valence-corrected chi connectivity index (χ4v) is 1.45. The first-order chi connectivity index (χ1) is 5.46. The molecule has 1 saturated heterocycles. The Hall–Kier alpha value is -0.380. The lowest BCUT2D eigenvalue weighted by molar-refractivity contribution is -0.151. The molecular formula is C9H16O3. The van der Waals surface area contributed by atoms with Gasteiger partial charge >= 0.3 is 0 Å². The van der Waals surface area contributed by atoms with E-state index in [1.807, 2.05) is 20.8 Å². The van der Waals surface area contributed by atoms with Gasteiger partial charge in [0.15, 0.2) is 5.79 Å². The smallest absolute Gasteiger partial charge is 0.163 e. The average Bonchev–Trinajstić information content (AvgIpc) is 2.23. The molecule has 1 heterocycles. The van der Waals surface area contributed by atoms with Gasteiger partial charge in [0.05, 0.1) is 6.10 Å². The molecule has 0 aromatic rings. The van der Waals surface area contributed by atoms with Crippen molar-refractivity contribution in [2.24, 2.45) is 0 Å². The molecule has 0 bridgehead atoms. The van der Waals surface area contributed by atoms with Crippen molar-refractivity contribution in [3.8, 4) is 0 Å². The van der Waals surface area contributed by atoms with Crippen LogP contribution in [0.1, 0.15) is 20.8 Å². The Morgan fingerprint density at radius 1 is 1.50 bits per heavy atom. The molecule has 0 aromatic heterocycles. The average molecular weight is 172 g/mol. The normalized spacial score (nSPS) is 36.3. The van der Waals surface area contributed by atoms with Crippen LogP contribution in [0.3, 0.4) is 0 Å². The van der Waals surface area contributed by atoms with Crippen LogP contribution < -0.4 is 0 Å². The summed E-state index contributed by atoms with van der Waals surface area (Å²) in [5.41, 5.74) is 0. The summed E-state index contributed by atoms with van der Waals surface area (Å²) in [7, 11) is 0. The van der Waals surface area contributed by atoms with Gasteiger partial charge in [-0.3, -0.25) is 0 Å². The van der Waals surface area contributed by atoms with Crippen molar-refractivity contribution < 1.29 is 14.6 Å². The Labute approximate surface area is 73.0 Å². The topological polar surface area (TPSA) is 38.7 Å². The molecule has 0 aromatic carbocycles. The summed E-state index contributed by atoms with van der Waals surface area (Å²) < 4.78 is 10.9. The van der Waals surface area contributed by atoms with Crippen LogP contribution in [0.4, 0.5) is 0 Å². The summed E-state index contributed by atoms with van der Waals surface area (Å²) in [6, 6.07) is 0. The molecule has 12 heavy (non-hydrogen) atoms. The van der Waals surface area contributed by atoms with Gasteiger partial charge in [0.2, 0.25) is 0 Å². The van der Waals surface area contributed by atoms with E-state index in [1.165, 1.54) is 6.08 Å². The van der Waals surface area contributed by atoms with Crippen LogP contribution in [-0.4, -0.2) is 29.2 Å². The van der Waals surface area contributed by atoms with Gasteiger partial charge in [0.25, 0.3) is 0 Å². The molecule has 70 valence electrons. The molecule has 0 amide bonds. The number of ether oxygens (including phenoxy) is 2. The van der Waals surface area contributed by atoms with Gasteiger partial charge in [-0.2, -0.15) is 0 Å². The zero-order valence-electron chi connectivity index (χ0n) is 7.78. The first-order valence-electron chi connectivity index (χ1n) is 4.12. The Kier molecular flexibility index (Phi) is 2.56. The molecule has 3 atom stereocenters. The predicted molar refractivity (Wildman–Crippen MR) is 45.7 cm³/mol. The monoisotopic (exact) mass is 172 g/mol. The minimum atomic E-state index is -0.651. The predicted octanol–water partition coefficient (Wildman–Crippen LogP) is 1.07. The Bertz CT molecular complexity index is 177. The number of aliphatic hydroxyl groups excluding tert-OH is 1. The van der Waals surface area contributed by atoms with Crippen LogP contribution in [0.5, 0.6) is 0 Å². The number of rotatable bonds is 2. The highest BCUT2D eigenvalue weighted by Gasteiger charge is 2.41. The second-order valence-corrected chi connectivity index (χ2v) is 3.53.